The molecule has 146 valence electrons. The minimum absolute atomic E-state index is 0.601. The lowest BCUT2D eigenvalue weighted by molar-refractivity contribution is 0.185. The van der Waals surface area contributed by atoms with Crippen LogP contribution < -0.4 is 20.1 Å². The second-order valence-corrected chi connectivity index (χ2v) is 6.66. The standard InChI is InChI=1S/C20H34N4O2/c1-5-11-24-12-9-16(10-13-24)15-22-20(21-3)23-17-7-8-18(25-4)19(14-17)26-6-2/h7-8,14,16H,5-6,9-13,15H2,1-4H3,(H2,21,22,23). The Morgan fingerprint density at radius 2 is 2.00 bits per heavy atom. The van der Waals surface area contributed by atoms with Gasteiger partial charge in [-0.05, 0) is 63.9 Å². The van der Waals surface area contributed by atoms with Crippen LogP contribution in [0.3, 0.4) is 0 Å². The Balaban J connectivity index is 1.85. The molecule has 0 bridgehead atoms. The Morgan fingerprint density at radius 3 is 2.62 bits per heavy atom. The van der Waals surface area contributed by atoms with Crippen LogP contribution in [-0.2, 0) is 0 Å². The van der Waals surface area contributed by atoms with Crippen LogP contribution in [0.1, 0.15) is 33.1 Å². The molecule has 6 heteroatoms. The van der Waals surface area contributed by atoms with E-state index in [1.165, 1.54) is 38.9 Å². The Labute approximate surface area is 158 Å². The molecule has 0 aliphatic carbocycles. The number of nitrogens with one attached hydrogen (secondary N) is 2. The third-order valence-electron chi connectivity index (χ3n) is 4.75. The van der Waals surface area contributed by atoms with Gasteiger partial charge in [0.25, 0.3) is 0 Å². The van der Waals surface area contributed by atoms with Crippen molar-refractivity contribution in [2.45, 2.75) is 33.1 Å². The van der Waals surface area contributed by atoms with Crippen LogP contribution in [0, 0.1) is 5.92 Å². The third kappa shape index (κ3) is 6.09. The van der Waals surface area contributed by atoms with Crippen LogP contribution in [-0.4, -0.2) is 57.8 Å². The maximum Gasteiger partial charge on any atom is 0.195 e. The summed E-state index contributed by atoms with van der Waals surface area (Å²) in [7, 11) is 3.45. The normalized spacial score (nSPS) is 16.4. The quantitative estimate of drug-likeness (QED) is 0.549. The van der Waals surface area contributed by atoms with Gasteiger partial charge in [0.05, 0.1) is 13.7 Å². The summed E-state index contributed by atoms with van der Waals surface area (Å²) >= 11 is 0. The highest BCUT2D eigenvalue weighted by molar-refractivity contribution is 5.93. The van der Waals surface area contributed by atoms with Crippen molar-refractivity contribution in [1.29, 1.82) is 0 Å². The molecule has 0 saturated carbocycles. The number of hydrogen-bond donors (Lipinski definition) is 2. The number of benzene rings is 1. The number of guanidine groups is 1. The Morgan fingerprint density at radius 1 is 1.23 bits per heavy atom. The zero-order chi connectivity index (χ0) is 18.8. The summed E-state index contributed by atoms with van der Waals surface area (Å²) < 4.78 is 11.0. The van der Waals surface area contributed by atoms with E-state index in [4.69, 9.17) is 9.47 Å². The first-order valence-corrected chi connectivity index (χ1v) is 9.71. The van der Waals surface area contributed by atoms with E-state index in [2.05, 4.69) is 27.4 Å². The van der Waals surface area contributed by atoms with Gasteiger partial charge in [0.1, 0.15) is 0 Å². The number of anilines is 1. The van der Waals surface area contributed by atoms with Gasteiger partial charge < -0.3 is 25.0 Å². The molecule has 0 atom stereocenters. The van der Waals surface area contributed by atoms with E-state index in [-0.39, 0.29) is 0 Å². The molecule has 0 aromatic heterocycles. The fourth-order valence-corrected chi connectivity index (χ4v) is 3.31. The summed E-state index contributed by atoms with van der Waals surface area (Å²) in [5, 5.41) is 6.80. The Kier molecular flexibility index (Phi) is 8.54. The lowest BCUT2D eigenvalue weighted by Crippen LogP contribution is -2.40. The SMILES string of the molecule is CCCN1CCC(CNC(=NC)Nc2ccc(OC)c(OCC)c2)CC1. The van der Waals surface area contributed by atoms with E-state index in [1.807, 2.05) is 25.1 Å². The van der Waals surface area contributed by atoms with Gasteiger partial charge in [-0.2, -0.15) is 0 Å². The van der Waals surface area contributed by atoms with Crippen molar-refractivity contribution in [3.63, 3.8) is 0 Å². The highest BCUT2D eigenvalue weighted by Crippen LogP contribution is 2.30. The van der Waals surface area contributed by atoms with Crippen LogP contribution in [0.15, 0.2) is 23.2 Å². The van der Waals surface area contributed by atoms with Crippen molar-refractivity contribution >= 4 is 11.6 Å². The maximum atomic E-state index is 5.64. The first kappa shape index (κ1) is 20.4. The average Bonchev–Trinajstić information content (AvgIpc) is 2.67. The minimum atomic E-state index is 0.601. The van der Waals surface area contributed by atoms with Crippen LogP contribution in [0.4, 0.5) is 5.69 Å². The molecule has 1 aliphatic rings. The maximum absolute atomic E-state index is 5.64. The van der Waals surface area contributed by atoms with Crippen molar-refractivity contribution in [1.82, 2.24) is 10.2 Å². The second-order valence-electron chi connectivity index (χ2n) is 6.66. The largest absolute Gasteiger partial charge is 0.493 e. The Hall–Kier alpha value is -1.95. The second kappa shape index (κ2) is 10.9. The van der Waals surface area contributed by atoms with Crippen molar-refractivity contribution < 1.29 is 9.47 Å². The number of aliphatic imine (C=N–C) groups is 1. The molecule has 1 aliphatic heterocycles. The number of nitrogens with zero attached hydrogens (tertiary/aromatic N) is 2. The lowest BCUT2D eigenvalue weighted by atomic mass is 9.97. The van der Waals surface area contributed by atoms with Gasteiger partial charge in [0, 0.05) is 25.3 Å². The fraction of sp³-hybridized carbons (Fsp3) is 0.650. The van der Waals surface area contributed by atoms with E-state index in [0.717, 1.165) is 29.7 Å². The zero-order valence-corrected chi connectivity index (χ0v) is 16.7. The van der Waals surface area contributed by atoms with Crippen molar-refractivity contribution in [3.8, 4) is 11.5 Å². The van der Waals surface area contributed by atoms with Crippen molar-refractivity contribution in [2.24, 2.45) is 10.9 Å². The molecule has 1 heterocycles. The van der Waals surface area contributed by atoms with Crippen LogP contribution in [0.2, 0.25) is 0 Å². The topological polar surface area (TPSA) is 58.1 Å². The summed E-state index contributed by atoms with van der Waals surface area (Å²) in [6.45, 7) is 9.41. The molecule has 26 heavy (non-hydrogen) atoms. The van der Waals surface area contributed by atoms with Gasteiger partial charge in [-0.3, -0.25) is 4.99 Å². The summed E-state index contributed by atoms with van der Waals surface area (Å²) in [5.41, 5.74) is 0.931. The van der Waals surface area contributed by atoms with Gasteiger partial charge >= 0.3 is 0 Å². The molecular weight excluding hydrogens is 328 g/mol. The predicted octanol–water partition coefficient (Wildman–Crippen LogP) is 3.20. The molecule has 2 rings (SSSR count). The van der Waals surface area contributed by atoms with Crippen LogP contribution in [0.25, 0.3) is 0 Å². The minimum Gasteiger partial charge on any atom is -0.493 e. The number of piperidine rings is 1. The molecule has 2 N–H and O–H groups in total. The van der Waals surface area contributed by atoms with E-state index in [1.54, 1.807) is 14.2 Å². The van der Waals surface area contributed by atoms with E-state index < -0.39 is 0 Å². The highest BCUT2D eigenvalue weighted by atomic mass is 16.5. The summed E-state index contributed by atoms with van der Waals surface area (Å²) in [5.74, 6) is 2.96. The molecule has 0 spiro atoms. The number of ether oxygens (including phenoxy) is 2. The summed E-state index contributed by atoms with van der Waals surface area (Å²) in [6, 6.07) is 5.82. The average molecular weight is 363 g/mol. The smallest absolute Gasteiger partial charge is 0.195 e. The highest BCUT2D eigenvalue weighted by Gasteiger charge is 2.18. The molecule has 1 aromatic carbocycles. The van der Waals surface area contributed by atoms with E-state index in [0.29, 0.717) is 12.5 Å². The molecule has 1 aromatic rings. The molecular formula is C20H34N4O2. The van der Waals surface area contributed by atoms with Gasteiger partial charge in [-0.25, -0.2) is 0 Å². The van der Waals surface area contributed by atoms with Gasteiger partial charge in [0.15, 0.2) is 17.5 Å². The van der Waals surface area contributed by atoms with E-state index >= 15 is 0 Å². The van der Waals surface area contributed by atoms with Gasteiger partial charge in [-0.15, -0.1) is 0 Å². The number of methoxy groups -OCH3 is 1. The van der Waals surface area contributed by atoms with Crippen molar-refractivity contribution in [2.75, 3.05) is 52.3 Å². The zero-order valence-electron chi connectivity index (χ0n) is 16.7. The van der Waals surface area contributed by atoms with Gasteiger partial charge in [-0.1, -0.05) is 6.92 Å². The molecule has 0 radical (unpaired) electrons. The van der Waals surface area contributed by atoms with Crippen LogP contribution >= 0.6 is 0 Å². The van der Waals surface area contributed by atoms with Gasteiger partial charge in [0.2, 0.25) is 0 Å². The number of likely N-dealkylation sites (tertiary alicyclic amines) is 1. The number of rotatable bonds is 8. The molecule has 1 saturated heterocycles. The molecule has 6 nitrogen and oxygen atoms in total. The van der Waals surface area contributed by atoms with E-state index in [9.17, 15) is 0 Å². The summed E-state index contributed by atoms with van der Waals surface area (Å²) in [4.78, 5) is 6.91. The first-order valence-electron chi connectivity index (χ1n) is 9.71. The molecule has 1 fully saturated rings. The summed E-state index contributed by atoms with van der Waals surface area (Å²) in [6.07, 6.45) is 3.74. The van der Waals surface area contributed by atoms with Crippen molar-refractivity contribution in [3.05, 3.63) is 18.2 Å². The molecule has 0 amide bonds. The first-order chi connectivity index (χ1) is 12.7. The predicted molar refractivity (Wildman–Crippen MR) is 109 cm³/mol. The number of hydrogen-bond acceptors (Lipinski definition) is 4. The monoisotopic (exact) mass is 362 g/mol. The fourth-order valence-electron chi connectivity index (χ4n) is 3.31. The molecule has 0 unspecified atom stereocenters. The third-order valence-corrected chi connectivity index (χ3v) is 4.75. The lowest BCUT2D eigenvalue weighted by Gasteiger charge is -2.32. The van der Waals surface area contributed by atoms with Crippen LogP contribution in [0.5, 0.6) is 11.5 Å². The Bertz CT molecular complexity index is 569.